The molecule has 4 aromatic rings. The minimum atomic E-state index is -5.12. The lowest BCUT2D eigenvalue weighted by atomic mass is 9.87. The van der Waals surface area contributed by atoms with Crippen LogP contribution in [0.1, 0.15) is 56.8 Å². The van der Waals surface area contributed by atoms with Gasteiger partial charge in [-0.3, -0.25) is 9.59 Å². The highest BCUT2D eigenvalue weighted by molar-refractivity contribution is 6.04. The first-order valence-corrected chi connectivity index (χ1v) is 13.0. The monoisotopic (exact) mass is 586 g/mol. The van der Waals surface area contributed by atoms with Gasteiger partial charge in [0.2, 0.25) is 0 Å². The summed E-state index contributed by atoms with van der Waals surface area (Å²) in [6, 6.07) is 16.4. The number of carbonyl (C=O) groups excluding carboxylic acids is 2. The number of piperidine rings is 1. The molecule has 1 aliphatic heterocycles. The van der Waals surface area contributed by atoms with Crippen molar-refractivity contribution in [3.63, 3.8) is 0 Å². The average molecular weight is 587 g/mol. The molecule has 0 saturated carbocycles. The van der Waals surface area contributed by atoms with E-state index in [1.807, 2.05) is 0 Å². The summed E-state index contributed by atoms with van der Waals surface area (Å²) in [6.07, 6.45) is -7.81. The third kappa shape index (κ3) is 5.93. The molecule has 0 unspecified atom stereocenters. The molecule has 5 rings (SSSR count). The summed E-state index contributed by atoms with van der Waals surface area (Å²) in [4.78, 5) is 37.1. The standard InChI is InChI=1S/C30H24F6N4O2/c31-29(32,33)21-14-20(15-22(16-21)30(34,35)36)27(42)40-13-7-6-12-28(40,17-19-8-2-1-3-9-19)39-26(41)25-23-10-4-5-11-24(23)37-18-38-25/h1-5,8-11,14-16,18H,6-7,12-13,17H2,(H,39,41)/t28-/m1/s1. The lowest BCUT2D eigenvalue weighted by Gasteiger charge is -2.48. The highest BCUT2D eigenvalue weighted by atomic mass is 19.4. The van der Waals surface area contributed by atoms with Crippen molar-refractivity contribution in [2.75, 3.05) is 6.54 Å². The Hall–Kier alpha value is -4.48. The Kier molecular flexibility index (Phi) is 7.65. The van der Waals surface area contributed by atoms with Crippen molar-refractivity contribution in [3.05, 3.63) is 107 Å². The van der Waals surface area contributed by atoms with Crippen molar-refractivity contribution in [3.8, 4) is 0 Å². The van der Waals surface area contributed by atoms with E-state index in [1.54, 1.807) is 54.6 Å². The van der Waals surface area contributed by atoms with Crippen LogP contribution in [0.4, 0.5) is 26.3 Å². The van der Waals surface area contributed by atoms with E-state index in [9.17, 15) is 35.9 Å². The molecule has 1 atom stereocenters. The van der Waals surface area contributed by atoms with E-state index >= 15 is 0 Å². The van der Waals surface area contributed by atoms with Gasteiger partial charge in [0.05, 0.1) is 16.6 Å². The van der Waals surface area contributed by atoms with Gasteiger partial charge >= 0.3 is 12.4 Å². The van der Waals surface area contributed by atoms with Gasteiger partial charge in [-0.25, -0.2) is 9.97 Å². The Balaban J connectivity index is 1.61. The highest BCUT2D eigenvalue weighted by Crippen LogP contribution is 2.38. The fourth-order valence-corrected chi connectivity index (χ4v) is 5.31. The van der Waals surface area contributed by atoms with Gasteiger partial charge in [-0.2, -0.15) is 26.3 Å². The van der Waals surface area contributed by atoms with Crippen LogP contribution in [0.3, 0.4) is 0 Å². The summed E-state index contributed by atoms with van der Waals surface area (Å²) in [5.41, 5.74) is -4.24. The molecule has 1 N–H and O–H groups in total. The van der Waals surface area contributed by atoms with Gasteiger partial charge in [-0.05, 0) is 49.1 Å². The van der Waals surface area contributed by atoms with Crippen molar-refractivity contribution in [1.29, 1.82) is 0 Å². The van der Waals surface area contributed by atoms with E-state index in [0.717, 1.165) is 0 Å². The number of likely N-dealkylation sites (tertiary alicyclic amines) is 1. The van der Waals surface area contributed by atoms with Crippen LogP contribution < -0.4 is 5.32 Å². The normalized spacial score (nSPS) is 17.7. The third-order valence-electron chi connectivity index (χ3n) is 7.26. The maximum absolute atomic E-state index is 13.9. The summed E-state index contributed by atoms with van der Waals surface area (Å²) in [7, 11) is 0. The van der Waals surface area contributed by atoms with E-state index < -0.39 is 46.5 Å². The second kappa shape index (κ2) is 11.1. The van der Waals surface area contributed by atoms with Gasteiger partial charge in [-0.1, -0.05) is 48.5 Å². The number of alkyl halides is 6. The van der Waals surface area contributed by atoms with E-state index in [2.05, 4.69) is 15.3 Å². The first-order valence-electron chi connectivity index (χ1n) is 13.0. The number of benzene rings is 3. The summed E-state index contributed by atoms with van der Waals surface area (Å²) in [5.74, 6) is -1.72. The van der Waals surface area contributed by atoms with Crippen LogP contribution in [-0.2, 0) is 18.8 Å². The van der Waals surface area contributed by atoms with Crippen molar-refractivity contribution in [1.82, 2.24) is 20.2 Å². The van der Waals surface area contributed by atoms with Crippen molar-refractivity contribution in [2.45, 2.75) is 43.7 Å². The number of fused-ring (bicyclic) bond motifs is 1. The minimum Gasteiger partial charge on any atom is -0.327 e. The number of halogens is 6. The van der Waals surface area contributed by atoms with Gasteiger partial charge in [-0.15, -0.1) is 0 Å². The molecule has 1 aliphatic rings. The Morgan fingerprint density at radius 1 is 0.833 bits per heavy atom. The quantitative estimate of drug-likeness (QED) is 0.266. The summed E-state index contributed by atoms with van der Waals surface area (Å²) in [5, 5.41) is 3.35. The van der Waals surface area contributed by atoms with E-state index in [0.29, 0.717) is 41.4 Å². The van der Waals surface area contributed by atoms with E-state index in [-0.39, 0.29) is 31.1 Å². The molecule has 42 heavy (non-hydrogen) atoms. The molecule has 0 radical (unpaired) electrons. The van der Waals surface area contributed by atoms with Crippen molar-refractivity contribution >= 4 is 22.7 Å². The van der Waals surface area contributed by atoms with Crippen LogP contribution in [0.5, 0.6) is 0 Å². The first kappa shape index (κ1) is 29.0. The van der Waals surface area contributed by atoms with Gasteiger partial charge < -0.3 is 10.2 Å². The van der Waals surface area contributed by atoms with Crippen LogP contribution in [0.15, 0.2) is 79.1 Å². The molecule has 1 fully saturated rings. The van der Waals surface area contributed by atoms with E-state index in [1.165, 1.54) is 11.2 Å². The number of para-hydroxylation sites is 1. The topological polar surface area (TPSA) is 75.2 Å². The van der Waals surface area contributed by atoms with Gasteiger partial charge in [0.1, 0.15) is 17.7 Å². The molecule has 1 aromatic heterocycles. The molecule has 0 aliphatic carbocycles. The maximum Gasteiger partial charge on any atom is 0.416 e. The maximum atomic E-state index is 13.9. The minimum absolute atomic E-state index is 0.00589. The summed E-state index contributed by atoms with van der Waals surface area (Å²) < 4.78 is 81.6. The number of nitrogens with one attached hydrogen (secondary N) is 1. The first-order chi connectivity index (χ1) is 19.9. The van der Waals surface area contributed by atoms with E-state index in [4.69, 9.17) is 0 Å². The molecule has 2 amide bonds. The molecule has 3 aromatic carbocycles. The van der Waals surface area contributed by atoms with Crippen LogP contribution in [0.2, 0.25) is 0 Å². The average Bonchev–Trinajstić information content (AvgIpc) is 2.96. The van der Waals surface area contributed by atoms with Crippen LogP contribution in [0.25, 0.3) is 10.9 Å². The van der Waals surface area contributed by atoms with Gasteiger partial charge in [0, 0.05) is 23.9 Å². The van der Waals surface area contributed by atoms with Crippen LogP contribution in [0, 0.1) is 0 Å². The zero-order valence-corrected chi connectivity index (χ0v) is 22.0. The number of amides is 2. The number of hydrogen-bond donors (Lipinski definition) is 1. The fraction of sp³-hybridized carbons (Fsp3) is 0.267. The van der Waals surface area contributed by atoms with Crippen molar-refractivity contribution < 1.29 is 35.9 Å². The molecule has 12 heteroatoms. The Morgan fingerprint density at radius 2 is 1.48 bits per heavy atom. The lowest BCUT2D eigenvalue weighted by molar-refractivity contribution is -0.143. The number of hydrogen-bond acceptors (Lipinski definition) is 4. The predicted octanol–water partition coefficient (Wildman–Crippen LogP) is 6.66. The number of rotatable bonds is 5. The highest BCUT2D eigenvalue weighted by Gasteiger charge is 2.45. The molecular weight excluding hydrogens is 562 g/mol. The molecule has 1 saturated heterocycles. The molecular formula is C30H24F6N4O2. The Morgan fingerprint density at radius 3 is 2.14 bits per heavy atom. The van der Waals surface area contributed by atoms with Gasteiger partial charge in [0.15, 0.2) is 0 Å². The zero-order chi connectivity index (χ0) is 30.1. The number of carbonyl (C=O) groups is 2. The van der Waals surface area contributed by atoms with Gasteiger partial charge in [0.25, 0.3) is 11.8 Å². The fourth-order valence-electron chi connectivity index (χ4n) is 5.31. The van der Waals surface area contributed by atoms with Crippen LogP contribution >= 0.6 is 0 Å². The second-order valence-electron chi connectivity index (χ2n) is 10.1. The molecule has 2 heterocycles. The molecule has 0 bridgehead atoms. The number of aromatic nitrogens is 2. The smallest absolute Gasteiger partial charge is 0.327 e. The zero-order valence-electron chi connectivity index (χ0n) is 22.0. The van der Waals surface area contributed by atoms with Crippen molar-refractivity contribution in [2.24, 2.45) is 0 Å². The van der Waals surface area contributed by atoms with Crippen LogP contribution in [-0.4, -0.2) is 38.9 Å². The molecule has 218 valence electrons. The SMILES string of the molecule is O=C(N[C@]1(Cc2ccccc2)CCCCN1C(=O)c1cc(C(F)(F)F)cc(C(F)(F)F)c1)c1ncnc2ccccc12. The predicted molar refractivity (Wildman–Crippen MR) is 141 cm³/mol. The molecule has 0 spiro atoms. The third-order valence-corrected chi connectivity index (χ3v) is 7.26. The summed E-state index contributed by atoms with van der Waals surface area (Å²) in [6.45, 7) is -0.00589. The Labute approximate surface area is 236 Å². The number of nitrogens with zero attached hydrogens (tertiary/aromatic N) is 3. The largest absolute Gasteiger partial charge is 0.416 e. The molecule has 6 nitrogen and oxygen atoms in total. The second-order valence-corrected chi connectivity index (χ2v) is 10.1. The lowest BCUT2D eigenvalue weighted by Crippen LogP contribution is -2.65. The summed E-state index contributed by atoms with van der Waals surface area (Å²) >= 11 is 0. The Bertz CT molecular complexity index is 1590.